The maximum atomic E-state index is 12.8. The molecule has 2 atom stereocenters. The van der Waals surface area contributed by atoms with Crippen LogP contribution in [0.1, 0.15) is 41.2 Å². The Morgan fingerprint density at radius 1 is 1.04 bits per heavy atom. The van der Waals surface area contributed by atoms with Crippen LogP contribution in [-0.2, 0) is 9.59 Å². The van der Waals surface area contributed by atoms with Gasteiger partial charge in [-0.2, -0.15) is 0 Å². The van der Waals surface area contributed by atoms with E-state index in [1.165, 1.54) is 0 Å². The Kier molecular flexibility index (Phi) is 6.42. The highest BCUT2D eigenvalue weighted by molar-refractivity contribution is 5.94. The Bertz CT molecular complexity index is 823. The second-order valence-electron chi connectivity index (χ2n) is 7.02. The van der Waals surface area contributed by atoms with Gasteiger partial charge in [0.25, 0.3) is 5.91 Å². The molecule has 6 heteroatoms. The molecule has 2 aromatic carbocycles. The SMILES string of the molecule is O=C(NC(CC(=O)N1CCC[C@H](C(=O)O)C1)c1ccccc1)c1ccccc1. The standard InChI is InChI=1S/C22H24N2O4/c25-20(24-13-7-12-18(15-24)22(27)28)14-19(16-8-3-1-4-9-16)23-21(26)17-10-5-2-6-11-17/h1-6,8-11,18-19H,7,12-15H2,(H,23,26)(H,27,28)/t18-,19?/m0/s1. The Labute approximate surface area is 164 Å². The monoisotopic (exact) mass is 380 g/mol. The second-order valence-corrected chi connectivity index (χ2v) is 7.02. The van der Waals surface area contributed by atoms with Crippen molar-refractivity contribution < 1.29 is 19.5 Å². The van der Waals surface area contributed by atoms with Crippen LogP contribution in [0.3, 0.4) is 0 Å². The van der Waals surface area contributed by atoms with Crippen molar-refractivity contribution in [3.05, 3.63) is 71.8 Å². The van der Waals surface area contributed by atoms with Crippen molar-refractivity contribution in [1.82, 2.24) is 10.2 Å². The number of rotatable bonds is 6. The molecule has 0 aliphatic carbocycles. The Hall–Kier alpha value is -3.15. The average Bonchev–Trinajstić information content (AvgIpc) is 2.74. The Morgan fingerprint density at radius 2 is 1.68 bits per heavy atom. The highest BCUT2D eigenvalue weighted by Crippen LogP contribution is 2.22. The van der Waals surface area contributed by atoms with Gasteiger partial charge in [0, 0.05) is 18.7 Å². The smallest absolute Gasteiger partial charge is 0.308 e. The molecule has 0 spiro atoms. The summed E-state index contributed by atoms with van der Waals surface area (Å²) >= 11 is 0. The molecular weight excluding hydrogens is 356 g/mol. The van der Waals surface area contributed by atoms with Crippen LogP contribution in [0.15, 0.2) is 60.7 Å². The normalized spacial score (nSPS) is 17.6. The first-order chi connectivity index (χ1) is 13.5. The van der Waals surface area contributed by atoms with Crippen molar-refractivity contribution in [2.75, 3.05) is 13.1 Å². The molecule has 1 saturated heterocycles. The third-order valence-corrected chi connectivity index (χ3v) is 5.05. The van der Waals surface area contributed by atoms with Crippen molar-refractivity contribution in [1.29, 1.82) is 0 Å². The van der Waals surface area contributed by atoms with Crippen molar-refractivity contribution in [3.8, 4) is 0 Å². The van der Waals surface area contributed by atoms with Crippen LogP contribution in [0, 0.1) is 5.92 Å². The molecule has 6 nitrogen and oxygen atoms in total. The molecule has 2 amide bonds. The largest absolute Gasteiger partial charge is 0.481 e. The van der Waals surface area contributed by atoms with Gasteiger partial charge in [-0.1, -0.05) is 48.5 Å². The molecule has 2 aromatic rings. The van der Waals surface area contributed by atoms with Gasteiger partial charge in [-0.3, -0.25) is 14.4 Å². The zero-order valence-electron chi connectivity index (χ0n) is 15.6. The van der Waals surface area contributed by atoms with Crippen LogP contribution in [0.2, 0.25) is 0 Å². The predicted molar refractivity (Wildman–Crippen MR) is 105 cm³/mol. The maximum Gasteiger partial charge on any atom is 0.308 e. The summed E-state index contributed by atoms with van der Waals surface area (Å²) in [6.45, 7) is 0.777. The Balaban J connectivity index is 1.73. The molecule has 1 heterocycles. The van der Waals surface area contributed by atoms with Crippen molar-refractivity contribution in [3.63, 3.8) is 0 Å². The lowest BCUT2D eigenvalue weighted by atomic mass is 9.96. The minimum Gasteiger partial charge on any atom is -0.481 e. The highest BCUT2D eigenvalue weighted by Gasteiger charge is 2.30. The van der Waals surface area contributed by atoms with E-state index in [0.29, 0.717) is 24.9 Å². The summed E-state index contributed by atoms with van der Waals surface area (Å²) in [5.74, 6) is -1.78. The number of hydrogen-bond donors (Lipinski definition) is 2. The summed E-state index contributed by atoms with van der Waals surface area (Å²) in [5.41, 5.74) is 1.37. The summed E-state index contributed by atoms with van der Waals surface area (Å²) in [7, 11) is 0. The number of carbonyl (C=O) groups is 3. The summed E-state index contributed by atoms with van der Waals surface area (Å²) in [5, 5.41) is 12.2. The molecule has 146 valence electrons. The highest BCUT2D eigenvalue weighted by atomic mass is 16.4. The molecule has 0 aromatic heterocycles. The van der Waals surface area contributed by atoms with Gasteiger partial charge >= 0.3 is 5.97 Å². The molecule has 0 radical (unpaired) electrons. The van der Waals surface area contributed by atoms with Gasteiger partial charge in [-0.15, -0.1) is 0 Å². The fraction of sp³-hybridized carbons (Fsp3) is 0.318. The van der Waals surface area contributed by atoms with E-state index in [2.05, 4.69) is 5.32 Å². The van der Waals surface area contributed by atoms with Crippen molar-refractivity contribution >= 4 is 17.8 Å². The van der Waals surface area contributed by atoms with Gasteiger partial charge in [-0.05, 0) is 30.5 Å². The van der Waals surface area contributed by atoms with Crippen LogP contribution in [-0.4, -0.2) is 40.9 Å². The molecule has 0 bridgehead atoms. The van der Waals surface area contributed by atoms with Crippen LogP contribution >= 0.6 is 0 Å². The maximum absolute atomic E-state index is 12.8. The van der Waals surface area contributed by atoms with Gasteiger partial charge in [-0.25, -0.2) is 0 Å². The van der Waals surface area contributed by atoms with E-state index in [1.54, 1.807) is 29.2 Å². The molecular formula is C22H24N2O4. The number of nitrogens with one attached hydrogen (secondary N) is 1. The lowest BCUT2D eigenvalue weighted by Crippen LogP contribution is -2.43. The number of amides is 2. The number of carboxylic acids is 1. The third-order valence-electron chi connectivity index (χ3n) is 5.05. The zero-order valence-corrected chi connectivity index (χ0v) is 15.6. The van der Waals surface area contributed by atoms with Crippen molar-refractivity contribution in [2.45, 2.75) is 25.3 Å². The van der Waals surface area contributed by atoms with Gasteiger partial charge in [0.1, 0.15) is 0 Å². The third kappa shape index (κ3) is 4.97. The molecule has 1 aliphatic rings. The van der Waals surface area contributed by atoms with E-state index < -0.39 is 17.9 Å². The van der Waals surface area contributed by atoms with Crippen LogP contribution in [0.4, 0.5) is 0 Å². The summed E-state index contributed by atoms with van der Waals surface area (Å²) in [6.07, 6.45) is 1.36. The predicted octanol–water partition coefficient (Wildman–Crippen LogP) is 2.87. The van der Waals surface area contributed by atoms with Crippen molar-refractivity contribution in [2.24, 2.45) is 5.92 Å². The summed E-state index contributed by atoms with van der Waals surface area (Å²) < 4.78 is 0. The number of likely N-dealkylation sites (tertiary alicyclic amines) is 1. The van der Waals surface area contributed by atoms with Gasteiger partial charge in [0.15, 0.2) is 0 Å². The quantitative estimate of drug-likeness (QED) is 0.807. The van der Waals surface area contributed by atoms with Gasteiger partial charge < -0.3 is 15.3 Å². The lowest BCUT2D eigenvalue weighted by Gasteiger charge is -2.32. The minimum atomic E-state index is -0.866. The van der Waals surface area contributed by atoms with E-state index in [0.717, 1.165) is 5.56 Å². The zero-order chi connectivity index (χ0) is 19.9. The number of piperidine rings is 1. The fourth-order valence-corrected chi connectivity index (χ4v) is 3.48. The number of nitrogens with zero attached hydrogens (tertiary/aromatic N) is 1. The van der Waals surface area contributed by atoms with E-state index in [9.17, 15) is 19.5 Å². The first kappa shape index (κ1) is 19.6. The summed E-state index contributed by atoms with van der Waals surface area (Å²) in [6, 6.07) is 17.7. The van der Waals surface area contributed by atoms with Crippen LogP contribution < -0.4 is 5.32 Å². The van der Waals surface area contributed by atoms with Crippen LogP contribution in [0.5, 0.6) is 0 Å². The average molecular weight is 380 g/mol. The lowest BCUT2D eigenvalue weighted by molar-refractivity contribution is -0.145. The molecule has 2 N–H and O–H groups in total. The molecule has 0 saturated carbocycles. The minimum absolute atomic E-state index is 0.0922. The number of hydrogen-bond acceptors (Lipinski definition) is 3. The molecule has 1 unspecified atom stereocenters. The van der Waals surface area contributed by atoms with Gasteiger partial charge in [0.05, 0.1) is 18.4 Å². The fourth-order valence-electron chi connectivity index (χ4n) is 3.48. The second kappa shape index (κ2) is 9.17. The Morgan fingerprint density at radius 3 is 2.32 bits per heavy atom. The molecule has 28 heavy (non-hydrogen) atoms. The van der Waals surface area contributed by atoms with E-state index in [1.807, 2.05) is 36.4 Å². The first-order valence-corrected chi connectivity index (χ1v) is 9.46. The van der Waals surface area contributed by atoms with E-state index in [-0.39, 0.29) is 24.8 Å². The number of benzene rings is 2. The first-order valence-electron chi connectivity index (χ1n) is 9.46. The molecule has 1 aliphatic heterocycles. The number of carbonyl (C=O) groups excluding carboxylic acids is 2. The van der Waals surface area contributed by atoms with Crippen LogP contribution in [0.25, 0.3) is 0 Å². The van der Waals surface area contributed by atoms with E-state index >= 15 is 0 Å². The van der Waals surface area contributed by atoms with Gasteiger partial charge in [0.2, 0.25) is 5.91 Å². The molecule has 1 fully saturated rings. The molecule has 3 rings (SSSR count). The number of aliphatic carboxylic acids is 1. The summed E-state index contributed by atoms with van der Waals surface area (Å²) in [4.78, 5) is 38.3. The van der Waals surface area contributed by atoms with E-state index in [4.69, 9.17) is 0 Å². The number of carboxylic acid groups (broad SMARTS) is 1. The topological polar surface area (TPSA) is 86.7 Å².